The summed E-state index contributed by atoms with van der Waals surface area (Å²) in [6.07, 6.45) is 7.99. The highest BCUT2D eigenvalue weighted by Gasteiger charge is 2.28. The fraction of sp³-hybridized carbons (Fsp3) is 0.579. The molecule has 1 saturated heterocycles. The van der Waals surface area contributed by atoms with Crippen molar-refractivity contribution >= 4 is 5.91 Å². The van der Waals surface area contributed by atoms with E-state index in [4.69, 9.17) is 0 Å². The number of piperidine rings is 1. The van der Waals surface area contributed by atoms with Gasteiger partial charge in [0.05, 0.1) is 18.3 Å². The maximum atomic E-state index is 12.9. The summed E-state index contributed by atoms with van der Waals surface area (Å²) in [5, 5.41) is 4.57. The molecule has 5 nitrogen and oxygen atoms in total. The molecular formula is C19H28N4O. The smallest absolute Gasteiger partial charge is 0.224 e. The fourth-order valence-electron chi connectivity index (χ4n) is 3.70. The van der Waals surface area contributed by atoms with Crippen molar-refractivity contribution in [3.8, 4) is 0 Å². The van der Waals surface area contributed by atoms with E-state index in [2.05, 4.69) is 39.2 Å². The largest absolute Gasteiger partial charge is 0.351 e. The summed E-state index contributed by atoms with van der Waals surface area (Å²) >= 11 is 0. The Hall–Kier alpha value is -2.04. The van der Waals surface area contributed by atoms with Gasteiger partial charge in [-0.3, -0.25) is 9.48 Å². The van der Waals surface area contributed by atoms with Crippen LogP contribution in [-0.4, -0.2) is 37.7 Å². The minimum Gasteiger partial charge on any atom is -0.351 e. The molecule has 0 bridgehead atoms. The Labute approximate surface area is 144 Å². The lowest BCUT2D eigenvalue weighted by Gasteiger charge is -2.36. The van der Waals surface area contributed by atoms with Gasteiger partial charge in [0.15, 0.2) is 0 Å². The molecule has 2 aromatic rings. The predicted octanol–water partition coefficient (Wildman–Crippen LogP) is 3.33. The van der Waals surface area contributed by atoms with Gasteiger partial charge in [0, 0.05) is 37.1 Å². The van der Waals surface area contributed by atoms with Crippen molar-refractivity contribution in [1.82, 2.24) is 19.2 Å². The summed E-state index contributed by atoms with van der Waals surface area (Å²) in [5.74, 6) is 0.266. The molecule has 0 N–H and O–H groups in total. The normalized spacial score (nSPS) is 19.5. The van der Waals surface area contributed by atoms with Crippen LogP contribution in [0.4, 0.5) is 0 Å². The van der Waals surface area contributed by atoms with E-state index in [0.29, 0.717) is 6.42 Å². The summed E-state index contributed by atoms with van der Waals surface area (Å²) in [6, 6.07) is 6.58. The van der Waals surface area contributed by atoms with Crippen molar-refractivity contribution < 1.29 is 4.79 Å². The van der Waals surface area contributed by atoms with Gasteiger partial charge in [0.1, 0.15) is 0 Å². The van der Waals surface area contributed by atoms with E-state index in [9.17, 15) is 4.79 Å². The van der Waals surface area contributed by atoms with Crippen molar-refractivity contribution in [3.63, 3.8) is 0 Å². The third-order valence-electron chi connectivity index (χ3n) is 5.04. The Morgan fingerprint density at radius 3 is 2.71 bits per heavy atom. The molecule has 0 radical (unpaired) electrons. The van der Waals surface area contributed by atoms with Crippen LogP contribution in [0, 0.1) is 13.8 Å². The molecule has 1 fully saturated rings. The number of hydrogen-bond acceptors (Lipinski definition) is 2. The number of likely N-dealkylation sites (tertiary alicyclic amines) is 1. The molecule has 24 heavy (non-hydrogen) atoms. The Morgan fingerprint density at radius 1 is 1.29 bits per heavy atom. The first-order valence-corrected chi connectivity index (χ1v) is 8.97. The third kappa shape index (κ3) is 3.71. The van der Waals surface area contributed by atoms with E-state index in [1.165, 1.54) is 12.1 Å². The van der Waals surface area contributed by atoms with E-state index < -0.39 is 0 Å². The lowest BCUT2D eigenvalue weighted by atomic mass is 10.0. The molecule has 0 saturated carbocycles. The van der Waals surface area contributed by atoms with E-state index in [1.54, 1.807) is 0 Å². The van der Waals surface area contributed by atoms with Crippen LogP contribution in [0.15, 0.2) is 30.6 Å². The molecule has 1 aliphatic rings. The molecule has 0 aromatic carbocycles. The fourth-order valence-corrected chi connectivity index (χ4v) is 3.70. The molecule has 2 atom stereocenters. The van der Waals surface area contributed by atoms with Gasteiger partial charge in [-0.2, -0.15) is 5.10 Å². The zero-order chi connectivity index (χ0) is 17.1. The van der Waals surface area contributed by atoms with E-state index in [1.807, 2.05) is 31.5 Å². The van der Waals surface area contributed by atoms with Crippen molar-refractivity contribution in [3.05, 3.63) is 42.0 Å². The van der Waals surface area contributed by atoms with Gasteiger partial charge in [-0.1, -0.05) is 0 Å². The molecule has 3 heterocycles. The highest BCUT2D eigenvalue weighted by atomic mass is 16.2. The highest BCUT2D eigenvalue weighted by molar-refractivity contribution is 5.77. The van der Waals surface area contributed by atoms with Crippen LogP contribution in [-0.2, 0) is 11.3 Å². The molecule has 130 valence electrons. The number of nitrogens with zero attached hydrogens (tertiary/aromatic N) is 4. The molecule has 0 aliphatic carbocycles. The SMILES string of the molecule is Cc1cc(C)n(C[C@H]2CCCCN2C(=O)C[C@H](C)n2cccc2)n1. The van der Waals surface area contributed by atoms with Crippen LogP contribution in [0.25, 0.3) is 0 Å². The van der Waals surface area contributed by atoms with Crippen LogP contribution < -0.4 is 0 Å². The Kier molecular flexibility index (Phi) is 5.07. The molecule has 1 aliphatic heterocycles. The number of rotatable bonds is 5. The van der Waals surface area contributed by atoms with E-state index >= 15 is 0 Å². The molecule has 3 rings (SSSR count). The van der Waals surface area contributed by atoms with E-state index in [0.717, 1.165) is 31.6 Å². The number of aromatic nitrogens is 3. The summed E-state index contributed by atoms with van der Waals surface area (Å²) in [7, 11) is 0. The maximum Gasteiger partial charge on any atom is 0.224 e. The summed E-state index contributed by atoms with van der Waals surface area (Å²) in [5.41, 5.74) is 2.22. The van der Waals surface area contributed by atoms with Gasteiger partial charge in [0.2, 0.25) is 5.91 Å². The van der Waals surface area contributed by atoms with Gasteiger partial charge < -0.3 is 9.47 Å². The van der Waals surface area contributed by atoms with Crippen LogP contribution in [0.3, 0.4) is 0 Å². The van der Waals surface area contributed by atoms with Crippen LogP contribution in [0.1, 0.15) is 50.0 Å². The Morgan fingerprint density at radius 2 is 2.04 bits per heavy atom. The molecule has 5 heteroatoms. The third-order valence-corrected chi connectivity index (χ3v) is 5.04. The number of aryl methyl sites for hydroxylation is 2. The quantitative estimate of drug-likeness (QED) is 0.845. The first kappa shape index (κ1) is 16.8. The lowest BCUT2D eigenvalue weighted by molar-refractivity contribution is -0.136. The monoisotopic (exact) mass is 328 g/mol. The van der Waals surface area contributed by atoms with Crippen LogP contribution in [0.2, 0.25) is 0 Å². The Bertz CT molecular complexity index is 674. The number of carbonyl (C=O) groups is 1. The summed E-state index contributed by atoms with van der Waals surface area (Å²) in [4.78, 5) is 15.0. The maximum absolute atomic E-state index is 12.9. The van der Waals surface area contributed by atoms with Crippen LogP contribution >= 0.6 is 0 Å². The molecule has 1 amide bonds. The zero-order valence-electron chi connectivity index (χ0n) is 15.0. The second kappa shape index (κ2) is 7.24. The average Bonchev–Trinajstić information content (AvgIpc) is 3.18. The number of hydrogen-bond donors (Lipinski definition) is 0. The Balaban J connectivity index is 1.67. The number of carbonyl (C=O) groups excluding carboxylic acids is 1. The summed E-state index contributed by atoms with van der Waals surface area (Å²) < 4.78 is 4.17. The van der Waals surface area contributed by atoms with Gasteiger partial charge in [-0.25, -0.2) is 0 Å². The number of amides is 1. The second-order valence-electron chi connectivity index (χ2n) is 7.03. The van der Waals surface area contributed by atoms with Crippen molar-refractivity contribution in [2.24, 2.45) is 0 Å². The van der Waals surface area contributed by atoms with Gasteiger partial charge in [-0.15, -0.1) is 0 Å². The van der Waals surface area contributed by atoms with Crippen molar-refractivity contribution in [1.29, 1.82) is 0 Å². The first-order valence-electron chi connectivity index (χ1n) is 8.97. The minimum atomic E-state index is 0.198. The molecule has 0 spiro atoms. The van der Waals surface area contributed by atoms with Gasteiger partial charge >= 0.3 is 0 Å². The predicted molar refractivity (Wildman–Crippen MR) is 94.8 cm³/mol. The van der Waals surface area contributed by atoms with Gasteiger partial charge in [-0.05, 0) is 58.2 Å². The zero-order valence-corrected chi connectivity index (χ0v) is 15.0. The molecule has 2 aromatic heterocycles. The molecule has 0 unspecified atom stereocenters. The standard InChI is InChI=1S/C19H28N4O/c1-15-12-17(3)23(20-15)14-18-8-4-5-11-22(18)19(24)13-16(2)21-9-6-7-10-21/h6-7,9-10,12,16,18H,4-5,8,11,13-14H2,1-3H3/t16-,18+/m0/s1. The second-order valence-corrected chi connectivity index (χ2v) is 7.03. The molecular weight excluding hydrogens is 300 g/mol. The van der Waals surface area contributed by atoms with Crippen LogP contribution in [0.5, 0.6) is 0 Å². The topological polar surface area (TPSA) is 43.1 Å². The first-order chi connectivity index (χ1) is 11.5. The highest BCUT2D eigenvalue weighted by Crippen LogP contribution is 2.22. The van der Waals surface area contributed by atoms with Crippen molar-refractivity contribution in [2.45, 2.75) is 65.1 Å². The van der Waals surface area contributed by atoms with Gasteiger partial charge in [0.25, 0.3) is 0 Å². The lowest BCUT2D eigenvalue weighted by Crippen LogP contribution is -2.46. The minimum absolute atomic E-state index is 0.198. The van der Waals surface area contributed by atoms with Crippen molar-refractivity contribution in [2.75, 3.05) is 6.54 Å². The summed E-state index contributed by atoms with van der Waals surface area (Å²) in [6.45, 7) is 7.90. The van der Waals surface area contributed by atoms with E-state index in [-0.39, 0.29) is 18.0 Å². The average molecular weight is 328 g/mol.